The van der Waals surface area contributed by atoms with Gasteiger partial charge in [-0.3, -0.25) is 9.59 Å². The van der Waals surface area contributed by atoms with E-state index in [0.717, 1.165) is 58.5 Å². The van der Waals surface area contributed by atoms with Crippen molar-refractivity contribution in [2.75, 3.05) is 39.3 Å². The number of unbranched alkanes of at least 4 members (excludes halogenated alkanes) is 24. The third-order valence-electron chi connectivity index (χ3n) is 8.97. The van der Waals surface area contributed by atoms with Crippen LogP contribution in [0.5, 0.6) is 0 Å². The molecule has 0 aromatic carbocycles. The van der Waals surface area contributed by atoms with Gasteiger partial charge in [0.05, 0.1) is 0 Å². The van der Waals surface area contributed by atoms with E-state index in [2.05, 4.69) is 35.1 Å². The lowest BCUT2D eigenvalue weighted by molar-refractivity contribution is -0.121. The standard InChI is InChI=1S/C39H80N4O2/c1-3-5-7-9-11-13-15-17-19-21-23-25-27-34-42-38(44)30-36-40-32-29-33-41-37-31-39(45)43-35-28-26-24-22-20-18-16-14-12-10-8-6-4-2/h40-41H,3-37H2,1-2H3,(H,42,44)(H,43,45). The number of carbonyl (C=O) groups is 2. The topological polar surface area (TPSA) is 82.3 Å². The Bertz CT molecular complexity index is 552. The van der Waals surface area contributed by atoms with Crippen LogP contribution in [0.25, 0.3) is 0 Å². The van der Waals surface area contributed by atoms with Crippen LogP contribution >= 0.6 is 0 Å². The van der Waals surface area contributed by atoms with Gasteiger partial charge in [0.2, 0.25) is 11.8 Å². The van der Waals surface area contributed by atoms with Crippen molar-refractivity contribution in [1.82, 2.24) is 21.3 Å². The summed E-state index contributed by atoms with van der Waals surface area (Å²) < 4.78 is 0. The highest BCUT2D eigenvalue weighted by Gasteiger charge is 2.02. The molecule has 6 nitrogen and oxygen atoms in total. The monoisotopic (exact) mass is 637 g/mol. The van der Waals surface area contributed by atoms with Gasteiger partial charge in [-0.05, 0) is 32.4 Å². The summed E-state index contributed by atoms with van der Waals surface area (Å²) in [6, 6.07) is 0. The molecule has 268 valence electrons. The van der Waals surface area contributed by atoms with E-state index in [-0.39, 0.29) is 11.8 Å². The molecule has 0 saturated heterocycles. The molecule has 0 saturated carbocycles. The van der Waals surface area contributed by atoms with Gasteiger partial charge in [-0.1, -0.05) is 168 Å². The molecule has 0 atom stereocenters. The van der Waals surface area contributed by atoms with Crippen molar-refractivity contribution in [3.63, 3.8) is 0 Å². The maximum absolute atomic E-state index is 12.0. The molecule has 0 fully saturated rings. The molecule has 45 heavy (non-hydrogen) atoms. The van der Waals surface area contributed by atoms with Crippen molar-refractivity contribution in [3.8, 4) is 0 Å². The molecule has 4 N–H and O–H groups in total. The van der Waals surface area contributed by atoms with Crippen LogP contribution in [-0.4, -0.2) is 51.1 Å². The van der Waals surface area contributed by atoms with Gasteiger partial charge in [-0.25, -0.2) is 0 Å². The Morgan fingerprint density at radius 3 is 0.867 bits per heavy atom. The highest BCUT2D eigenvalue weighted by molar-refractivity contribution is 5.76. The zero-order valence-electron chi connectivity index (χ0n) is 30.6. The van der Waals surface area contributed by atoms with E-state index >= 15 is 0 Å². The van der Waals surface area contributed by atoms with Crippen LogP contribution in [0.2, 0.25) is 0 Å². The second-order valence-corrected chi connectivity index (χ2v) is 13.5. The summed E-state index contributed by atoms with van der Waals surface area (Å²) in [6.07, 6.45) is 37.2. The van der Waals surface area contributed by atoms with Crippen molar-refractivity contribution in [3.05, 3.63) is 0 Å². The average molecular weight is 637 g/mol. The molecule has 0 unspecified atom stereocenters. The van der Waals surface area contributed by atoms with Gasteiger partial charge >= 0.3 is 0 Å². The number of nitrogens with one attached hydrogen (secondary N) is 4. The van der Waals surface area contributed by atoms with Crippen LogP contribution in [0, 0.1) is 0 Å². The molecule has 0 aliphatic heterocycles. The number of carbonyl (C=O) groups excluding carboxylic acids is 2. The Labute approximate surface area is 281 Å². The molecule has 0 radical (unpaired) electrons. The van der Waals surface area contributed by atoms with Crippen molar-refractivity contribution in [1.29, 1.82) is 0 Å². The summed E-state index contributed by atoms with van der Waals surface area (Å²) in [4.78, 5) is 24.0. The Balaban J connectivity index is 3.24. The van der Waals surface area contributed by atoms with Gasteiger partial charge in [0.25, 0.3) is 0 Å². The first-order valence-corrected chi connectivity index (χ1v) is 20.2. The predicted molar refractivity (Wildman–Crippen MR) is 197 cm³/mol. The maximum atomic E-state index is 12.0. The fourth-order valence-corrected chi connectivity index (χ4v) is 5.91. The lowest BCUT2D eigenvalue weighted by atomic mass is 10.0. The van der Waals surface area contributed by atoms with E-state index in [1.54, 1.807) is 0 Å². The van der Waals surface area contributed by atoms with Gasteiger partial charge < -0.3 is 21.3 Å². The Hall–Kier alpha value is -1.14. The van der Waals surface area contributed by atoms with Gasteiger partial charge in [0.15, 0.2) is 0 Å². The Morgan fingerprint density at radius 2 is 0.578 bits per heavy atom. The lowest BCUT2D eigenvalue weighted by Gasteiger charge is -2.08. The molecule has 0 spiro atoms. The summed E-state index contributed by atoms with van der Waals surface area (Å²) in [7, 11) is 0. The molecular formula is C39H80N4O2. The summed E-state index contributed by atoms with van der Waals surface area (Å²) in [5.74, 6) is 0.314. The molecule has 0 aromatic rings. The molecule has 0 bridgehead atoms. The fraction of sp³-hybridized carbons (Fsp3) is 0.949. The third kappa shape index (κ3) is 39.0. The SMILES string of the molecule is CCCCCCCCCCCCCCCNC(=O)CCNCCCNCCC(=O)NCCCCCCCCCCCCCCC. The van der Waals surface area contributed by atoms with Crippen molar-refractivity contribution < 1.29 is 9.59 Å². The normalized spacial score (nSPS) is 11.2. The van der Waals surface area contributed by atoms with E-state index in [0.29, 0.717) is 12.8 Å². The molecule has 6 heteroatoms. The summed E-state index contributed by atoms with van der Waals surface area (Å²) >= 11 is 0. The molecule has 0 aromatic heterocycles. The van der Waals surface area contributed by atoms with E-state index in [9.17, 15) is 9.59 Å². The van der Waals surface area contributed by atoms with Gasteiger partial charge in [0.1, 0.15) is 0 Å². The second-order valence-electron chi connectivity index (χ2n) is 13.5. The van der Waals surface area contributed by atoms with E-state index in [4.69, 9.17) is 0 Å². The zero-order chi connectivity index (χ0) is 32.7. The van der Waals surface area contributed by atoms with E-state index in [1.165, 1.54) is 154 Å². The van der Waals surface area contributed by atoms with Crippen LogP contribution in [0.15, 0.2) is 0 Å². The third-order valence-corrected chi connectivity index (χ3v) is 8.97. The van der Waals surface area contributed by atoms with Gasteiger partial charge in [-0.15, -0.1) is 0 Å². The largest absolute Gasteiger partial charge is 0.356 e. The van der Waals surface area contributed by atoms with Gasteiger partial charge in [0, 0.05) is 39.0 Å². The molecule has 0 heterocycles. The summed E-state index contributed by atoms with van der Waals surface area (Å²) in [5, 5.41) is 12.8. The minimum atomic E-state index is 0.157. The first kappa shape index (κ1) is 43.9. The molecule has 0 aliphatic rings. The number of hydrogen-bond donors (Lipinski definition) is 4. The Kier molecular flexibility index (Phi) is 38.1. The number of hydrogen-bond acceptors (Lipinski definition) is 4. The minimum absolute atomic E-state index is 0.157. The summed E-state index contributed by atoms with van der Waals surface area (Å²) in [6.45, 7) is 9.43. The van der Waals surface area contributed by atoms with Crippen LogP contribution in [0.1, 0.15) is 200 Å². The second kappa shape index (κ2) is 39.0. The first-order valence-electron chi connectivity index (χ1n) is 20.2. The maximum Gasteiger partial charge on any atom is 0.221 e. The van der Waals surface area contributed by atoms with Crippen LogP contribution < -0.4 is 21.3 Å². The van der Waals surface area contributed by atoms with E-state index in [1.807, 2.05) is 0 Å². The van der Waals surface area contributed by atoms with Crippen LogP contribution in [0.3, 0.4) is 0 Å². The van der Waals surface area contributed by atoms with E-state index < -0.39 is 0 Å². The van der Waals surface area contributed by atoms with Gasteiger partial charge in [-0.2, -0.15) is 0 Å². The Morgan fingerprint density at radius 1 is 0.311 bits per heavy atom. The highest BCUT2D eigenvalue weighted by Crippen LogP contribution is 2.13. The van der Waals surface area contributed by atoms with Crippen LogP contribution in [-0.2, 0) is 9.59 Å². The predicted octanol–water partition coefficient (Wildman–Crippen LogP) is 9.75. The molecule has 0 aliphatic carbocycles. The number of rotatable bonds is 38. The van der Waals surface area contributed by atoms with Crippen molar-refractivity contribution in [2.24, 2.45) is 0 Å². The molecule has 2 amide bonds. The fourth-order valence-electron chi connectivity index (χ4n) is 5.91. The van der Waals surface area contributed by atoms with Crippen molar-refractivity contribution >= 4 is 11.8 Å². The smallest absolute Gasteiger partial charge is 0.221 e. The van der Waals surface area contributed by atoms with Crippen molar-refractivity contribution in [2.45, 2.75) is 200 Å². The lowest BCUT2D eigenvalue weighted by Crippen LogP contribution is -2.31. The first-order chi connectivity index (χ1) is 22.2. The highest BCUT2D eigenvalue weighted by atomic mass is 16.2. The summed E-state index contributed by atoms with van der Waals surface area (Å²) in [5.41, 5.74) is 0. The quantitative estimate of drug-likeness (QED) is 0.0509. The minimum Gasteiger partial charge on any atom is -0.356 e. The molecule has 0 rings (SSSR count). The van der Waals surface area contributed by atoms with Crippen LogP contribution in [0.4, 0.5) is 0 Å². The zero-order valence-corrected chi connectivity index (χ0v) is 30.6. The molecular weight excluding hydrogens is 556 g/mol. The average Bonchev–Trinajstić information content (AvgIpc) is 3.04. The number of amides is 2.